The highest BCUT2D eigenvalue weighted by Crippen LogP contribution is 2.18. The number of rotatable bonds is 6. The number of likely N-dealkylation sites (N-methyl/N-ethyl adjacent to an activating group) is 1. The molecule has 90 valence electrons. The van der Waals surface area contributed by atoms with Crippen LogP contribution in [-0.4, -0.2) is 19.7 Å². The maximum atomic E-state index is 13.4. The van der Waals surface area contributed by atoms with Crippen LogP contribution < -0.4 is 10.1 Å². The SMILES string of the molecule is C=C(CNCC)COc1ccc(C#N)cc1F. The largest absolute Gasteiger partial charge is 0.486 e. The zero-order valence-electron chi connectivity index (χ0n) is 9.79. The van der Waals surface area contributed by atoms with Gasteiger partial charge in [0.1, 0.15) is 6.61 Å². The van der Waals surface area contributed by atoms with Crippen LogP contribution in [0.25, 0.3) is 0 Å². The maximum Gasteiger partial charge on any atom is 0.166 e. The highest BCUT2D eigenvalue weighted by atomic mass is 19.1. The third-order valence-corrected chi connectivity index (χ3v) is 2.12. The molecule has 4 heteroatoms. The van der Waals surface area contributed by atoms with E-state index in [9.17, 15) is 4.39 Å². The maximum absolute atomic E-state index is 13.4. The summed E-state index contributed by atoms with van der Waals surface area (Å²) in [5.74, 6) is -0.387. The molecule has 0 heterocycles. The van der Waals surface area contributed by atoms with Crippen LogP contribution in [0.3, 0.4) is 0 Å². The molecule has 0 radical (unpaired) electrons. The number of hydrogen-bond acceptors (Lipinski definition) is 3. The molecule has 0 aliphatic rings. The lowest BCUT2D eigenvalue weighted by Gasteiger charge is -2.09. The van der Waals surface area contributed by atoms with Crippen molar-refractivity contribution in [2.45, 2.75) is 6.92 Å². The smallest absolute Gasteiger partial charge is 0.166 e. The zero-order chi connectivity index (χ0) is 12.7. The van der Waals surface area contributed by atoms with E-state index in [1.54, 1.807) is 0 Å². The first kappa shape index (κ1) is 13.2. The van der Waals surface area contributed by atoms with Gasteiger partial charge in [0, 0.05) is 6.54 Å². The van der Waals surface area contributed by atoms with Crippen molar-refractivity contribution in [2.75, 3.05) is 19.7 Å². The molecule has 1 aromatic carbocycles. The van der Waals surface area contributed by atoms with Gasteiger partial charge in [-0.2, -0.15) is 5.26 Å². The van der Waals surface area contributed by atoms with Crippen molar-refractivity contribution < 1.29 is 9.13 Å². The Morgan fingerprint density at radius 1 is 1.59 bits per heavy atom. The standard InChI is InChI=1S/C13H15FN2O/c1-3-16-8-10(2)9-17-13-5-4-11(7-15)6-12(13)14/h4-6,16H,2-3,8-9H2,1H3. The van der Waals surface area contributed by atoms with Crippen LogP contribution in [0, 0.1) is 17.1 Å². The van der Waals surface area contributed by atoms with E-state index in [2.05, 4.69) is 11.9 Å². The summed E-state index contributed by atoms with van der Waals surface area (Å²) in [4.78, 5) is 0. The van der Waals surface area contributed by atoms with Gasteiger partial charge < -0.3 is 10.1 Å². The molecule has 1 aromatic rings. The summed E-state index contributed by atoms with van der Waals surface area (Å²) in [5, 5.41) is 11.7. The van der Waals surface area contributed by atoms with Crippen molar-refractivity contribution in [3.8, 4) is 11.8 Å². The van der Waals surface area contributed by atoms with Crippen LogP contribution in [0.15, 0.2) is 30.4 Å². The Bertz CT molecular complexity index is 438. The molecular formula is C13H15FN2O. The van der Waals surface area contributed by atoms with Gasteiger partial charge in [-0.15, -0.1) is 0 Å². The van der Waals surface area contributed by atoms with Gasteiger partial charge in [0.05, 0.1) is 11.6 Å². The summed E-state index contributed by atoms with van der Waals surface area (Å²) in [6.45, 7) is 7.56. The number of benzene rings is 1. The van der Waals surface area contributed by atoms with E-state index in [0.29, 0.717) is 6.54 Å². The van der Waals surface area contributed by atoms with E-state index in [1.165, 1.54) is 12.1 Å². The van der Waals surface area contributed by atoms with E-state index in [1.807, 2.05) is 13.0 Å². The lowest BCUT2D eigenvalue weighted by atomic mass is 10.2. The van der Waals surface area contributed by atoms with Gasteiger partial charge in [-0.3, -0.25) is 0 Å². The fraction of sp³-hybridized carbons (Fsp3) is 0.308. The molecule has 0 saturated carbocycles. The first-order valence-corrected chi connectivity index (χ1v) is 5.37. The molecule has 0 unspecified atom stereocenters. The highest BCUT2D eigenvalue weighted by Gasteiger charge is 2.05. The van der Waals surface area contributed by atoms with Gasteiger partial charge in [0.25, 0.3) is 0 Å². The molecule has 0 fully saturated rings. The molecule has 3 nitrogen and oxygen atoms in total. The molecule has 0 bridgehead atoms. The molecule has 0 atom stereocenters. The van der Waals surface area contributed by atoms with Gasteiger partial charge in [0.15, 0.2) is 11.6 Å². The Morgan fingerprint density at radius 2 is 2.35 bits per heavy atom. The molecule has 0 aliphatic carbocycles. The number of hydrogen-bond donors (Lipinski definition) is 1. The third kappa shape index (κ3) is 4.25. The molecular weight excluding hydrogens is 219 g/mol. The van der Waals surface area contributed by atoms with Crippen molar-refractivity contribution in [3.63, 3.8) is 0 Å². The Balaban J connectivity index is 2.52. The number of nitrogens with one attached hydrogen (secondary N) is 1. The van der Waals surface area contributed by atoms with Crippen molar-refractivity contribution >= 4 is 0 Å². The van der Waals surface area contributed by atoms with E-state index >= 15 is 0 Å². The van der Waals surface area contributed by atoms with Gasteiger partial charge in [0.2, 0.25) is 0 Å². The lowest BCUT2D eigenvalue weighted by Crippen LogP contribution is -2.19. The summed E-state index contributed by atoms with van der Waals surface area (Å²) in [5.41, 5.74) is 1.12. The molecule has 1 N–H and O–H groups in total. The van der Waals surface area contributed by atoms with Crippen LogP contribution in [0.2, 0.25) is 0 Å². The van der Waals surface area contributed by atoms with Crippen LogP contribution in [0.5, 0.6) is 5.75 Å². The summed E-state index contributed by atoms with van der Waals surface area (Å²) < 4.78 is 18.7. The van der Waals surface area contributed by atoms with Crippen molar-refractivity contribution in [2.24, 2.45) is 0 Å². The minimum Gasteiger partial charge on any atom is -0.486 e. The van der Waals surface area contributed by atoms with Gasteiger partial charge in [-0.25, -0.2) is 4.39 Å². The summed E-state index contributed by atoms with van der Waals surface area (Å²) in [6, 6.07) is 5.99. The van der Waals surface area contributed by atoms with E-state index < -0.39 is 5.82 Å². The number of nitrogens with zero attached hydrogens (tertiary/aromatic N) is 1. The van der Waals surface area contributed by atoms with E-state index in [0.717, 1.165) is 18.2 Å². The number of ether oxygens (including phenoxy) is 1. The normalized spacial score (nSPS) is 9.71. The summed E-state index contributed by atoms with van der Waals surface area (Å²) >= 11 is 0. The van der Waals surface area contributed by atoms with Crippen LogP contribution in [0.4, 0.5) is 4.39 Å². The molecule has 17 heavy (non-hydrogen) atoms. The Morgan fingerprint density at radius 3 is 2.94 bits per heavy atom. The number of nitriles is 1. The Kier molecular flexibility index (Phi) is 5.18. The Hall–Kier alpha value is -1.86. The van der Waals surface area contributed by atoms with Crippen molar-refractivity contribution in [1.29, 1.82) is 5.26 Å². The summed E-state index contributed by atoms with van der Waals surface area (Å²) in [7, 11) is 0. The van der Waals surface area contributed by atoms with Crippen molar-refractivity contribution in [1.82, 2.24) is 5.32 Å². The average Bonchev–Trinajstić information content (AvgIpc) is 2.34. The van der Waals surface area contributed by atoms with Crippen LogP contribution in [0.1, 0.15) is 12.5 Å². The molecule has 1 rings (SSSR count). The fourth-order valence-electron chi connectivity index (χ4n) is 1.22. The third-order valence-electron chi connectivity index (χ3n) is 2.12. The molecule has 0 amide bonds. The van der Waals surface area contributed by atoms with Gasteiger partial charge in [-0.1, -0.05) is 13.5 Å². The van der Waals surface area contributed by atoms with Crippen LogP contribution in [-0.2, 0) is 0 Å². The first-order chi connectivity index (χ1) is 8.17. The molecule has 0 saturated heterocycles. The number of halogens is 1. The second-order valence-corrected chi connectivity index (χ2v) is 3.58. The average molecular weight is 234 g/mol. The fourth-order valence-corrected chi connectivity index (χ4v) is 1.22. The summed E-state index contributed by atoms with van der Waals surface area (Å²) in [6.07, 6.45) is 0. The molecule has 0 aliphatic heterocycles. The van der Waals surface area contributed by atoms with E-state index in [4.69, 9.17) is 10.00 Å². The second-order valence-electron chi connectivity index (χ2n) is 3.58. The first-order valence-electron chi connectivity index (χ1n) is 5.37. The van der Waals surface area contributed by atoms with E-state index in [-0.39, 0.29) is 17.9 Å². The topological polar surface area (TPSA) is 45.0 Å². The van der Waals surface area contributed by atoms with Crippen molar-refractivity contribution in [3.05, 3.63) is 41.7 Å². The lowest BCUT2D eigenvalue weighted by molar-refractivity contribution is 0.329. The minimum atomic E-state index is -0.527. The molecule has 0 spiro atoms. The predicted octanol–water partition coefficient (Wildman–Crippen LogP) is 2.24. The quantitative estimate of drug-likeness (QED) is 0.768. The molecule has 0 aromatic heterocycles. The Labute approximate surface area is 101 Å². The monoisotopic (exact) mass is 234 g/mol. The van der Waals surface area contributed by atoms with Crippen LogP contribution >= 0.6 is 0 Å². The van der Waals surface area contributed by atoms with Gasteiger partial charge in [-0.05, 0) is 30.3 Å². The second kappa shape index (κ2) is 6.66. The predicted molar refractivity (Wildman–Crippen MR) is 64.3 cm³/mol. The van der Waals surface area contributed by atoms with Gasteiger partial charge >= 0.3 is 0 Å². The highest BCUT2D eigenvalue weighted by molar-refractivity contribution is 5.36. The zero-order valence-corrected chi connectivity index (χ0v) is 9.79. The minimum absolute atomic E-state index is 0.140.